The molecule has 0 aromatic heterocycles. The summed E-state index contributed by atoms with van der Waals surface area (Å²) in [6.07, 6.45) is 0. The Balaban J connectivity index is 2.01. The lowest BCUT2D eigenvalue weighted by atomic mass is 10.0. The van der Waals surface area contributed by atoms with Gasteiger partial charge in [0, 0.05) is 11.1 Å². The number of phenolic OH excluding ortho intramolecular Hbond substituents is 1. The molecular weight excluding hydrogens is 648 g/mol. The van der Waals surface area contributed by atoms with Crippen molar-refractivity contribution >= 4 is 53.8 Å². The first-order valence-corrected chi connectivity index (χ1v) is 13.5. The second-order valence-electron chi connectivity index (χ2n) is 8.36. The van der Waals surface area contributed by atoms with Gasteiger partial charge in [-0.15, -0.1) is 10.2 Å². The van der Waals surface area contributed by atoms with Crippen molar-refractivity contribution < 1.29 is 66.2 Å². The number of nitrogen functional groups attached to an aromatic ring is 2. The highest BCUT2D eigenvalue weighted by atomic mass is 32.2. The lowest BCUT2D eigenvalue weighted by Crippen LogP contribution is -2.09. The Hall–Kier alpha value is -4.60. The van der Waals surface area contributed by atoms with Crippen molar-refractivity contribution in [2.24, 2.45) is 10.2 Å². The highest BCUT2D eigenvalue weighted by molar-refractivity contribution is 7.86. The van der Waals surface area contributed by atoms with Crippen molar-refractivity contribution in [1.82, 2.24) is 0 Å². The highest BCUT2D eigenvalue weighted by Gasteiger charge is 2.34. The maximum absolute atomic E-state index is 14.8. The average Bonchev–Trinajstić information content (AvgIpc) is 2.91. The normalized spacial score (nSPS) is 12.5. The molecule has 0 saturated heterocycles. The van der Waals surface area contributed by atoms with Gasteiger partial charge in [-0.05, 0) is 23.6 Å². The summed E-state index contributed by atoms with van der Waals surface area (Å²) in [7, 11) is -10.4. The van der Waals surface area contributed by atoms with E-state index in [1.165, 1.54) is 0 Å². The van der Waals surface area contributed by atoms with Gasteiger partial charge in [-0.1, -0.05) is 0 Å². The van der Waals surface area contributed by atoms with Gasteiger partial charge in [0.1, 0.15) is 16.3 Å². The van der Waals surface area contributed by atoms with Crippen LogP contribution in [0.3, 0.4) is 0 Å². The van der Waals surface area contributed by atoms with Gasteiger partial charge >= 0.3 is 0 Å². The minimum atomic E-state index is -5.48. The highest BCUT2D eigenvalue weighted by Crippen LogP contribution is 2.46. The van der Waals surface area contributed by atoms with E-state index in [0.717, 1.165) is 0 Å². The summed E-state index contributed by atoms with van der Waals surface area (Å²) >= 11 is 0. The average molecular weight is 658 g/mol. The van der Waals surface area contributed by atoms with Crippen LogP contribution in [-0.4, -0.2) is 31.0 Å². The van der Waals surface area contributed by atoms with Gasteiger partial charge in [-0.25, -0.2) is 35.1 Å². The molecule has 0 radical (unpaired) electrons. The van der Waals surface area contributed by atoms with E-state index in [2.05, 4.69) is 10.2 Å². The standard InChI is InChI=1S/C22H10F8N4O7S2/c23-11-9(12(24)16(28)19(32)15(11)27)10-13(25)17(29)21(18(30)14(10)26)34-33-20-7(43(39,40)41)2-4-1-5(42(36,37)38)3-6(31)8(4)22(20)35/h1-3,35H,31-32H2,(H,36,37,38)(H,39,40,41). The van der Waals surface area contributed by atoms with Crippen LogP contribution in [0.5, 0.6) is 5.75 Å². The lowest BCUT2D eigenvalue weighted by molar-refractivity contribution is 0.445. The van der Waals surface area contributed by atoms with Gasteiger partial charge in [-0.2, -0.15) is 16.8 Å². The smallest absolute Gasteiger partial charge is 0.296 e. The molecule has 0 aliphatic rings. The van der Waals surface area contributed by atoms with Gasteiger partial charge in [0.25, 0.3) is 20.2 Å². The molecule has 7 N–H and O–H groups in total. The molecule has 0 amide bonds. The van der Waals surface area contributed by atoms with E-state index in [4.69, 9.17) is 11.5 Å². The van der Waals surface area contributed by atoms with Crippen molar-refractivity contribution in [2.75, 3.05) is 11.5 Å². The number of benzene rings is 4. The van der Waals surface area contributed by atoms with E-state index >= 15 is 0 Å². The van der Waals surface area contributed by atoms with Gasteiger partial charge in [0.2, 0.25) is 0 Å². The largest absolute Gasteiger partial charge is 0.505 e. The number of nitrogens with two attached hydrogens (primary N) is 2. The van der Waals surface area contributed by atoms with Gasteiger partial charge in [0.15, 0.2) is 58.0 Å². The van der Waals surface area contributed by atoms with Crippen LogP contribution >= 0.6 is 0 Å². The summed E-state index contributed by atoms with van der Waals surface area (Å²) in [6.45, 7) is 0. The predicted octanol–water partition coefficient (Wildman–Crippen LogP) is 5.40. The van der Waals surface area contributed by atoms with E-state index in [0.29, 0.717) is 18.2 Å². The number of nitrogens with zero attached hydrogens (tertiary/aromatic N) is 2. The molecule has 0 aliphatic carbocycles. The van der Waals surface area contributed by atoms with E-state index in [1.54, 1.807) is 0 Å². The Morgan fingerprint density at radius 3 is 1.49 bits per heavy atom. The monoisotopic (exact) mass is 658 g/mol. The summed E-state index contributed by atoms with van der Waals surface area (Å²) in [4.78, 5) is -2.35. The Kier molecular flexibility index (Phi) is 7.50. The zero-order valence-corrected chi connectivity index (χ0v) is 21.7. The molecule has 11 nitrogen and oxygen atoms in total. The van der Waals surface area contributed by atoms with Crippen LogP contribution in [0.4, 0.5) is 57.9 Å². The van der Waals surface area contributed by atoms with Crippen molar-refractivity contribution in [1.29, 1.82) is 0 Å². The van der Waals surface area contributed by atoms with Crippen molar-refractivity contribution in [3.63, 3.8) is 0 Å². The second-order valence-corrected chi connectivity index (χ2v) is 11.2. The Morgan fingerprint density at radius 1 is 0.605 bits per heavy atom. The molecule has 0 aliphatic heterocycles. The molecule has 0 atom stereocenters. The summed E-state index contributed by atoms with van der Waals surface area (Å²) in [5, 5.41) is 15.2. The molecule has 228 valence electrons. The van der Waals surface area contributed by atoms with Crippen molar-refractivity contribution in [2.45, 2.75) is 9.79 Å². The summed E-state index contributed by atoms with van der Waals surface area (Å²) in [5.41, 5.74) is 0.0229. The van der Waals surface area contributed by atoms with Crippen LogP contribution in [0.25, 0.3) is 21.9 Å². The molecule has 4 rings (SSSR count). The zero-order chi connectivity index (χ0) is 32.5. The second kappa shape index (κ2) is 10.3. The number of hydrogen-bond donors (Lipinski definition) is 5. The summed E-state index contributed by atoms with van der Waals surface area (Å²) in [5.74, 6) is -21.7. The third kappa shape index (κ3) is 5.04. The van der Waals surface area contributed by atoms with Gasteiger partial charge in [0.05, 0.1) is 16.0 Å². The molecule has 0 heterocycles. The lowest BCUT2D eigenvalue weighted by Gasteiger charge is -2.14. The summed E-state index contributed by atoms with van der Waals surface area (Å²) in [6, 6.07) is 1.58. The van der Waals surface area contributed by atoms with Crippen LogP contribution in [-0.2, 0) is 20.2 Å². The first-order chi connectivity index (χ1) is 19.7. The maximum atomic E-state index is 14.8. The number of phenols is 1. The number of azo groups is 1. The fourth-order valence-corrected chi connectivity index (χ4v) is 5.04. The van der Waals surface area contributed by atoms with Gasteiger partial charge < -0.3 is 16.6 Å². The first kappa shape index (κ1) is 31.3. The molecule has 0 saturated carbocycles. The third-order valence-corrected chi connectivity index (χ3v) is 7.47. The predicted molar refractivity (Wildman–Crippen MR) is 130 cm³/mol. The number of fused-ring (bicyclic) bond motifs is 1. The first-order valence-electron chi connectivity index (χ1n) is 10.6. The fraction of sp³-hybridized carbons (Fsp3) is 0. The van der Waals surface area contributed by atoms with E-state index in [-0.39, 0.29) is 0 Å². The molecule has 0 unspecified atom stereocenters. The Labute approximate surface area is 233 Å². The third-order valence-electron chi connectivity index (χ3n) is 5.77. The minimum absolute atomic E-state index is 0.413. The summed E-state index contributed by atoms with van der Waals surface area (Å²) < 4.78 is 181. The molecule has 0 bridgehead atoms. The number of halogens is 8. The Morgan fingerprint density at radius 2 is 1.05 bits per heavy atom. The molecule has 0 fully saturated rings. The van der Waals surface area contributed by atoms with Crippen LogP contribution < -0.4 is 11.5 Å². The number of hydrogen-bond acceptors (Lipinski definition) is 9. The Bertz CT molecular complexity index is 2100. The van der Waals surface area contributed by atoms with Crippen LogP contribution in [0.2, 0.25) is 0 Å². The van der Waals surface area contributed by atoms with Crippen LogP contribution in [0, 0.1) is 46.5 Å². The van der Waals surface area contributed by atoms with Crippen LogP contribution in [0.1, 0.15) is 0 Å². The molecular formula is C22H10F8N4O7S2. The topological polar surface area (TPSA) is 206 Å². The molecule has 43 heavy (non-hydrogen) atoms. The molecule has 4 aromatic rings. The molecule has 0 spiro atoms. The minimum Gasteiger partial charge on any atom is -0.505 e. The van der Waals surface area contributed by atoms with Gasteiger partial charge in [-0.3, -0.25) is 9.11 Å². The maximum Gasteiger partial charge on any atom is 0.296 e. The molecule has 4 aromatic carbocycles. The number of anilines is 2. The van der Waals surface area contributed by atoms with E-state index in [9.17, 15) is 66.2 Å². The fourth-order valence-electron chi connectivity index (χ4n) is 3.83. The van der Waals surface area contributed by atoms with Crippen LogP contribution in [0.15, 0.2) is 38.2 Å². The number of rotatable bonds is 5. The SMILES string of the molecule is Nc1c(F)c(F)c(-c2c(F)c(F)c(N=Nc3c(S(=O)(=O)O)cc4cc(S(=O)(=O)O)cc(N)c4c3O)c(F)c2F)c(F)c1F. The molecule has 21 heteroatoms. The quantitative estimate of drug-likeness (QED) is 0.0611. The van der Waals surface area contributed by atoms with E-state index in [1.807, 2.05) is 0 Å². The van der Waals surface area contributed by atoms with E-state index < -0.39 is 127 Å². The zero-order valence-electron chi connectivity index (χ0n) is 20.1. The number of aromatic hydroxyl groups is 1. The van der Waals surface area contributed by atoms with Crippen molar-refractivity contribution in [3.05, 3.63) is 64.7 Å². The van der Waals surface area contributed by atoms with Crippen molar-refractivity contribution in [3.8, 4) is 16.9 Å².